The maximum Gasteiger partial charge on any atom is 0.233 e. The standard InChI is InChI=1S/C28H35N5O/c1-17(2)26-23-14-20(19-8-10-33(11-9-19)16-25(34)29-4)6-7-24(23)31-27(26)21-12-18(3)28-22(13-21)15-30-32(28)5/h6-7,12-15,17,19,31H,8-11,16H2,1-5H3,(H,29,34). The summed E-state index contributed by atoms with van der Waals surface area (Å²) in [6, 6.07) is 11.5. The number of piperidine rings is 1. The van der Waals surface area contributed by atoms with Gasteiger partial charge in [-0.1, -0.05) is 19.9 Å². The molecule has 1 fully saturated rings. The Labute approximate surface area is 201 Å². The molecular formula is C28H35N5O. The number of hydrogen-bond acceptors (Lipinski definition) is 3. The molecule has 178 valence electrons. The lowest BCUT2D eigenvalue weighted by Gasteiger charge is -2.31. The van der Waals surface area contributed by atoms with Crippen LogP contribution in [0.3, 0.4) is 0 Å². The van der Waals surface area contributed by atoms with Crippen LogP contribution in [0.15, 0.2) is 36.5 Å². The molecule has 0 bridgehead atoms. The Morgan fingerprint density at radius 3 is 2.68 bits per heavy atom. The second kappa shape index (κ2) is 8.91. The molecule has 34 heavy (non-hydrogen) atoms. The van der Waals surface area contributed by atoms with Gasteiger partial charge in [0.05, 0.1) is 18.3 Å². The average Bonchev–Trinajstić information content (AvgIpc) is 3.40. The van der Waals surface area contributed by atoms with Crippen molar-refractivity contribution in [2.24, 2.45) is 7.05 Å². The molecule has 3 heterocycles. The van der Waals surface area contributed by atoms with Crippen LogP contribution in [-0.2, 0) is 11.8 Å². The lowest BCUT2D eigenvalue weighted by atomic mass is 9.87. The predicted molar refractivity (Wildman–Crippen MR) is 139 cm³/mol. The second-order valence-electron chi connectivity index (χ2n) is 10.1. The highest BCUT2D eigenvalue weighted by atomic mass is 16.1. The maximum atomic E-state index is 11.7. The van der Waals surface area contributed by atoms with Gasteiger partial charge in [0, 0.05) is 36.1 Å². The zero-order valence-electron chi connectivity index (χ0n) is 20.9. The number of rotatable bonds is 5. The van der Waals surface area contributed by atoms with Crippen LogP contribution < -0.4 is 5.32 Å². The molecule has 2 N–H and O–H groups in total. The molecule has 1 aliphatic heterocycles. The lowest BCUT2D eigenvalue weighted by Crippen LogP contribution is -2.40. The first-order valence-electron chi connectivity index (χ1n) is 12.4. The fourth-order valence-electron chi connectivity index (χ4n) is 5.72. The fourth-order valence-corrected chi connectivity index (χ4v) is 5.72. The van der Waals surface area contributed by atoms with E-state index in [0.29, 0.717) is 18.4 Å². The average molecular weight is 458 g/mol. The van der Waals surface area contributed by atoms with Crippen molar-refractivity contribution >= 4 is 27.7 Å². The number of nitrogens with zero attached hydrogens (tertiary/aromatic N) is 3. The minimum Gasteiger partial charge on any atom is -0.358 e. The number of aromatic nitrogens is 3. The van der Waals surface area contributed by atoms with Gasteiger partial charge in [0.25, 0.3) is 0 Å². The molecule has 0 unspecified atom stereocenters. The summed E-state index contributed by atoms with van der Waals surface area (Å²) in [4.78, 5) is 17.7. The van der Waals surface area contributed by atoms with E-state index in [4.69, 9.17) is 0 Å². The topological polar surface area (TPSA) is 66.0 Å². The summed E-state index contributed by atoms with van der Waals surface area (Å²) >= 11 is 0. The van der Waals surface area contributed by atoms with Crippen molar-refractivity contribution in [3.8, 4) is 11.3 Å². The van der Waals surface area contributed by atoms with Crippen LogP contribution in [-0.4, -0.2) is 52.3 Å². The Balaban J connectivity index is 1.49. The van der Waals surface area contributed by atoms with Crippen LogP contribution in [0, 0.1) is 6.92 Å². The van der Waals surface area contributed by atoms with E-state index in [2.05, 4.69) is 71.4 Å². The zero-order chi connectivity index (χ0) is 24.0. The highest BCUT2D eigenvalue weighted by Gasteiger charge is 2.24. The molecule has 0 spiro atoms. The van der Waals surface area contributed by atoms with Crippen LogP contribution in [0.1, 0.15) is 55.2 Å². The number of benzene rings is 2. The summed E-state index contributed by atoms with van der Waals surface area (Å²) in [7, 11) is 3.71. The lowest BCUT2D eigenvalue weighted by molar-refractivity contribution is -0.122. The van der Waals surface area contributed by atoms with Crippen LogP contribution in [0.25, 0.3) is 33.1 Å². The number of carbonyl (C=O) groups excluding carboxylic acids is 1. The molecule has 1 saturated heterocycles. The summed E-state index contributed by atoms with van der Waals surface area (Å²) in [6.45, 7) is 9.17. The Morgan fingerprint density at radius 1 is 1.21 bits per heavy atom. The zero-order valence-corrected chi connectivity index (χ0v) is 20.9. The quantitative estimate of drug-likeness (QED) is 0.439. The van der Waals surface area contributed by atoms with Gasteiger partial charge in [0.15, 0.2) is 0 Å². The normalized spacial score (nSPS) is 15.6. The smallest absolute Gasteiger partial charge is 0.233 e. The Bertz CT molecular complexity index is 1350. The first-order chi connectivity index (χ1) is 16.4. The third-order valence-corrected chi connectivity index (χ3v) is 7.46. The summed E-state index contributed by atoms with van der Waals surface area (Å²) in [6.07, 6.45) is 4.14. The van der Waals surface area contributed by atoms with E-state index in [9.17, 15) is 4.79 Å². The van der Waals surface area contributed by atoms with Gasteiger partial charge in [0.2, 0.25) is 5.91 Å². The minimum absolute atomic E-state index is 0.0982. The second-order valence-corrected chi connectivity index (χ2v) is 10.1. The van der Waals surface area contributed by atoms with Crippen molar-refractivity contribution in [3.63, 3.8) is 0 Å². The van der Waals surface area contributed by atoms with Gasteiger partial charge < -0.3 is 10.3 Å². The first-order valence-corrected chi connectivity index (χ1v) is 12.4. The van der Waals surface area contributed by atoms with Crippen molar-refractivity contribution in [2.75, 3.05) is 26.7 Å². The number of nitrogens with one attached hydrogen (secondary N) is 2. The number of likely N-dealkylation sites (tertiary alicyclic amines) is 1. The number of aryl methyl sites for hydroxylation is 2. The Morgan fingerprint density at radius 2 is 1.97 bits per heavy atom. The van der Waals surface area contributed by atoms with Crippen LogP contribution >= 0.6 is 0 Å². The van der Waals surface area contributed by atoms with E-state index in [1.165, 1.54) is 49.8 Å². The SMILES string of the molecule is CNC(=O)CN1CCC(c2ccc3[nH]c(-c4cc(C)c5c(cnn5C)c4)c(C(C)C)c3c2)CC1. The number of aromatic amines is 1. The fraction of sp³-hybridized carbons (Fsp3) is 0.429. The van der Waals surface area contributed by atoms with Gasteiger partial charge in [-0.15, -0.1) is 0 Å². The Hall–Kier alpha value is -3.12. The molecule has 6 heteroatoms. The van der Waals surface area contributed by atoms with Gasteiger partial charge in [-0.2, -0.15) is 5.10 Å². The van der Waals surface area contributed by atoms with E-state index < -0.39 is 0 Å². The van der Waals surface area contributed by atoms with Crippen LogP contribution in [0.2, 0.25) is 0 Å². The molecule has 0 atom stereocenters. The van der Waals surface area contributed by atoms with Crippen molar-refractivity contribution in [2.45, 2.75) is 45.4 Å². The summed E-state index contributed by atoms with van der Waals surface area (Å²) in [5.74, 6) is 1.04. The molecule has 6 nitrogen and oxygen atoms in total. The highest BCUT2D eigenvalue weighted by Crippen LogP contribution is 2.39. The summed E-state index contributed by atoms with van der Waals surface area (Å²) < 4.78 is 1.95. The largest absolute Gasteiger partial charge is 0.358 e. The molecule has 0 aliphatic carbocycles. The van der Waals surface area contributed by atoms with Gasteiger partial charge in [-0.05, 0) is 91.2 Å². The molecule has 4 aromatic rings. The monoisotopic (exact) mass is 457 g/mol. The van der Waals surface area contributed by atoms with E-state index in [1.54, 1.807) is 7.05 Å². The highest BCUT2D eigenvalue weighted by molar-refractivity contribution is 5.94. The van der Waals surface area contributed by atoms with Crippen molar-refractivity contribution in [1.29, 1.82) is 0 Å². The van der Waals surface area contributed by atoms with Gasteiger partial charge in [-0.25, -0.2) is 0 Å². The van der Waals surface area contributed by atoms with E-state index in [0.717, 1.165) is 25.9 Å². The van der Waals surface area contributed by atoms with E-state index in [1.807, 2.05) is 17.9 Å². The van der Waals surface area contributed by atoms with Crippen molar-refractivity contribution in [3.05, 3.63) is 53.2 Å². The van der Waals surface area contributed by atoms with Crippen molar-refractivity contribution < 1.29 is 4.79 Å². The van der Waals surface area contributed by atoms with Crippen LogP contribution in [0.5, 0.6) is 0 Å². The molecule has 0 radical (unpaired) electrons. The molecule has 1 amide bonds. The van der Waals surface area contributed by atoms with E-state index in [-0.39, 0.29) is 5.91 Å². The summed E-state index contributed by atoms with van der Waals surface area (Å²) in [5, 5.41) is 9.70. The predicted octanol–water partition coefficient (Wildman–Crippen LogP) is 5.08. The molecule has 1 aliphatic rings. The van der Waals surface area contributed by atoms with Gasteiger partial charge in [-0.3, -0.25) is 14.4 Å². The van der Waals surface area contributed by atoms with Crippen molar-refractivity contribution in [1.82, 2.24) is 25.0 Å². The van der Waals surface area contributed by atoms with Gasteiger partial charge in [0.1, 0.15) is 0 Å². The number of carbonyl (C=O) groups is 1. The number of hydrogen-bond donors (Lipinski definition) is 2. The molecule has 2 aromatic carbocycles. The maximum absolute atomic E-state index is 11.7. The molecule has 5 rings (SSSR count). The minimum atomic E-state index is 0.0982. The number of amides is 1. The third-order valence-electron chi connectivity index (χ3n) is 7.46. The summed E-state index contributed by atoms with van der Waals surface area (Å²) in [5.41, 5.74) is 8.87. The Kier molecular flexibility index (Phi) is 5.94. The number of fused-ring (bicyclic) bond motifs is 2. The third kappa shape index (κ3) is 4.00. The number of likely N-dealkylation sites (N-methyl/N-ethyl adjacent to an activating group) is 1. The number of H-pyrrole nitrogens is 1. The molecular weight excluding hydrogens is 422 g/mol. The molecule has 2 aromatic heterocycles. The first kappa shape index (κ1) is 22.7. The molecule has 0 saturated carbocycles. The van der Waals surface area contributed by atoms with E-state index >= 15 is 0 Å². The van der Waals surface area contributed by atoms with Crippen LogP contribution in [0.4, 0.5) is 0 Å². The van der Waals surface area contributed by atoms with Gasteiger partial charge >= 0.3 is 0 Å².